The molecule has 11 nitrogen and oxygen atoms in total. The van der Waals surface area contributed by atoms with Crippen LogP contribution in [0, 0.1) is 5.92 Å². The lowest BCUT2D eigenvalue weighted by Gasteiger charge is -2.25. The van der Waals surface area contributed by atoms with Crippen LogP contribution in [0.25, 0.3) is 0 Å². The molecule has 0 bridgehead atoms. The molecule has 11 heteroatoms. The van der Waals surface area contributed by atoms with Gasteiger partial charge in [0.2, 0.25) is 0 Å². The molecule has 1 aliphatic carbocycles. The predicted molar refractivity (Wildman–Crippen MR) is 167 cm³/mol. The molecule has 1 fully saturated rings. The third kappa shape index (κ3) is 7.21. The average Bonchev–Trinajstić information content (AvgIpc) is 3.81. The zero-order valence-corrected chi connectivity index (χ0v) is 25.4. The summed E-state index contributed by atoms with van der Waals surface area (Å²) in [4.78, 5) is 65.6. The number of aliphatic hydroxyl groups is 1. The van der Waals surface area contributed by atoms with E-state index in [0.717, 1.165) is 18.4 Å². The summed E-state index contributed by atoms with van der Waals surface area (Å²) in [5.74, 6) is -2.28. The number of carboxylic acids is 1. The molecule has 0 unspecified atom stereocenters. The third-order valence-electron chi connectivity index (χ3n) is 7.95. The van der Waals surface area contributed by atoms with E-state index < -0.39 is 30.6 Å². The number of aliphatic carboxylic acids is 1. The number of benzene rings is 3. The summed E-state index contributed by atoms with van der Waals surface area (Å²) < 4.78 is 0. The van der Waals surface area contributed by atoms with Gasteiger partial charge in [-0.25, -0.2) is 9.59 Å². The van der Waals surface area contributed by atoms with E-state index in [2.05, 4.69) is 31.4 Å². The fraction of sp³-hybridized carbons (Fsp3) is 0.324. The van der Waals surface area contributed by atoms with Crippen molar-refractivity contribution in [1.29, 1.82) is 0 Å². The SMILES string of the molecule is CC(C)(C)c1ccc(N(Cc2ccc(C(=O)NC[C@@H](O)C(=O)O)cc2)C(=O)Nc2ccc3c(c2)C(=O)N(CC2CC2)C3=O)cc1. The van der Waals surface area contributed by atoms with E-state index in [1.807, 2.05) is 24.3 Å². The van der Waals surface area contributed by atoms with Crippen molar-refractivity contribution < 1.29 is 34.2 Å². The van der Waals surface area contributed by atoms with Crippen LogP contribution >= 0.6 is 0 Å². The molecule has 3 aromatic carbocycles. The number of carbonyl (C=O) groups excluding carboxylic acids is 4. The first-order valence-corrected chi connectivity index (χ1v) is 14.8. The normalized spacial score (nSPS) is 15.0. The van der Waals surface area contributed by atoms with Crippen LogP contribution in [0.4, 0.5) is 16.2 Å². The fourth-order valence-corrected chi connectivity index (χ4v) is 5.03. The summed E-state index contributed by atoms with van der Waals surface area (Å²) in [6, 6.07) is 18.3. The molecule has 4 N–H and O–H groups in total. The minimum Gasteiger partial charge on any atom is -0.479 e. The number of hydrogen-bond acceptors (Lipinski definition) is 6. The van der Waals surface area contributed by atoms with Crippen molar-refractivity contribution in [2.45, 2.75) is 51.7 Å². The van der Waals surface area contributed by atoms with Gasteiger partial charge in [-0.2, -0.15) is 0 Å². The van der Waals surface area contributed by atoms with Gasteiger partial charge in [-0.3, -0.25) is 24.2 Å². The molecule has 1 atom stereocenters. The number of anilines is 2. The molecule has 2 aliphatic rings. The molecule has 234 valence electrons. The third-order valence-corrected chi connectivity index (χ3v) is 7.95. The van der Waals surface area contributed by atoms with Gasteiger partial charge in [0.15, 0.2) is 6.10 Å². The van der Waals surface area contributed by atoms with Crippen molar-refractivity contribution in [1.82, 2.24) is 10.2 Å². The lowest BCUT2D eigenvalue weighted by Crippen LogP contribution is -2.36. The average molecular weight is 613 g/mol. The van der Waals surface area contributed by atoms with Crippen molar-refractivity contribution in [2.75, 3.05) is 23.3 Å². The van der Waals surface area contributed by atoms with Gasteiger partial charge in [0.05, 0.1) is 24.2 Å². The molecule has 1 saturated carbocycles. The monoisotopic (exact) mass is 612 g/mol. The van der Waals surface area contributed by atoms with Gasteiger partial charge in [0, 0.05) is 23.5 Å². The van der Waals surface area contributed by atoms with Crippen molar-refractivity contribution >= 4 is 41.1 Å². The molecule has 1 heterocycles. The summed E-state index contributed by atoms with van der Waals surface area (Å²) in [6.45, 7) is 6.40. The topological polar surface area (TPSA) is 156 Å². The summed E-state index contributed by atoms with van der Waals surface area (Å²) in [5, 5.41) is 23.5. The number of carboxylic acid groups (broad SMARTS) is 1. The first-order valence-electron chi connectivity index (χ1n) is 14.8. The maximum absolute atomic E-state index is 13.8. The van der Waals surface area contributed by atoms with E-state index in [1.165, 1.54) is 15.9 Å². The minimum absolute atomic E-state index is 0.0929. The summed E-state index contributed by atoms with van der Waals surface area (Å²) in [5.41, 5.74) is 3.55. The van der Waals surface area contributed by atoms with Crippen LogP contribution in [0.1, 0.15) is 75.8 Å². The van der Waals surface area contributed by atoms with Crippen LogP contribution in [0.3, 0.4) is 0 Å². The van der Waals surface area contributed by atoms with Gasteiger partial charge in [0.25, 0.3) is 17.7 Å². The Hall–Kier alpha value is -5.03. The number of nitrogens with zero attached hydrogens (tertiary/aromatic N) is 2. The number of amides is 5. The standard InChI is InChI=1S/C34H36N4O7/c1-34(2,3)23-10-13-25(14-11-23)37(18-21-6-8-22(9-7-21)29(40)35-17-28(39)32(43)44)33(45)36-24-12-15-26-27(16-24)31(42)38(30(26)41)19-20-4-5-20/h6-16,20,28,39H,4-5,17-19H2,1-3H3,(H,35,40)(H,36,45)(H,43,44)/t28-/m1/s1. The number of hydrogen-bond donors (Lipinski definition) is 4. The maximum atomic E-state index is 13.8. The second-order valence-corrected chi connectivity index (χ2v) is 12.5. The Morgan fingerprint density at radius 1 is 0.933 bits per heavy atom. The van der Waals surface area contributed by atoms with Crippen LogP contribution in [-0.4, -0.2) is 64.0 Å². The van der Waals surface area contributed by atoms with E-state index in [-0.39, 0.29) is 34.9 Å². The van der Waals surface area contributed by atoms with Crippen LogP contribution in [0.5, 0.6) is 0 Å². The number of carbonyl (C=O) groups is 5. The molecule has 0 radical (unpaired) electrons. The highest BCUT2D eigenvalue weighted by Crippen LogP contribution is 2.34. The van der Waals surface area contributed by atoms with E-state index in [0.29, 0.717) is 35.0 Å². The fourth-order valence-electron chi connectivity index (χ4n) is 5.03. The van der Waals surface area contributed by atoms with Crippen molar-refractivity contribution in [2.24, 2.45) is 5.92 Å². The van der Waals surface area contributed by atoms with Crippen molar-refractivity contribution in [3.8, 4) is 0 Å². The quantitative estimate of drug-likeness (QED) is 0.247. The van der Waals surface area contributed by atoms with E-state index in [9.17, 15) is 29.1 Å². The number of urea groups is 1. The van der Waals surface area contributed by atoms with Gasteiger partial charge in [-0.1, -0.05) is 45.0 Å². The zero-order valence-electron chi connectivity index (χ0n) is 25.4. The molecule has 3 aromatic rings. The largest absolute Gasteiger partial charge is 0.479 e. The van der Waals surface area contributed by atoms with Crippen LogP contribution < -0.4 is 15.5 Å². The summed E-state index contributed by atoms with van der Waals surface area (Å²) in [7, 11) is 0. The number of rotatable bonds is 10. The zero-order chi connectivity index (χ0) is 32.5. The lowest BCUT2D eigenvalue weighted by atomic mass is 9.87. The van der Waals surface area contributed by atoms with Gasteiger partial charge >= 0.3 is 12.0 Å². The van der Waals surface area contributed by atoms with Crippen LogP contribution in [0.15, 0.2) is 66.7 Å². The number of nitrogens with one attached hydrogen (secondary N) is 2. The molecule has 0 saturated heterocycles. The Morgan fingerprint density at radius 2 is 1.58 bits per heavy atom. The van der Waals surface area contributed by atoms with E-state index in [4.69, 9.17) is 5.11 Å². The number of fused-ring (bicyclic) bond motifs is 1. The minimum atomic E-state index is -1.71. The second-order valence-electron chi connectivity index (χ2n) is 12.5. The molecular formula is C34H36N4O7. The van der Waals surface area contributed by atoms with Gasteiger partial charge in [-0.05, 0) is 77.8 Å². The summed E-state index contributed by atoms with van der Waals surface area (Å²) in [6.07, 6.45) is 0.304. The molecule has 1 aliphatic heterocycles. The Bertz CT molecular complexity index is 1640. The van der Waals surface area contributed by atoms with Gasteiger partial charge < -0.3 is 20.8 Å². The lowest BCUT2D eigenvalue weighted by molar-refractivity contribution is -0.146. The highest BCUT2D eigenvalue weighted by Gasteiger charge is 2.39. The first kappa shape index (κ1) is 31.4. The van der Waals surface area contributed by atoms with Crippen molar-refractivity contribution in [3.05, 3.63) is 94.5 Å². The first-order chi connectivity index (χ1) is 21.3. The molecule has 5 amide bonds. The molecular weight excluding hydrogens is 576 g/mol. The van der Waals surface area contributed by atoms with Crippen LogP contribution in [-0.2, 0) is 16.8 Å². The Kier molecular flexibility index (Phi) is 8.74. The van der Waals surface area contributed by atoms with Gasteiger partial charge in [-0.15, -0.1) is 0 Å². The highest BCUT2D eigenvalue weighted by atomic mass is 16.4. The Labute approximate surface area is 260 Å². The number of aliphatic hydroxyl groups excluding tert-OH is 1. The van der Waals surface area contributed by atoms with Gasteiger partial charge in [0.1, 0.15) is 0 Å². The smallest absolute Gasteiger partial charge is 0.334 e. The second kappa shape index (κ2) is 12.5. The predicted octanol–water partition coefficient (Wildman–Crippen LogP) is 4.40. The van der Waals surface area contributed by atoms with E-state index in [1.54, 1.807) is 36.4 Å². The number of imide groups is 1. The summed E-state index contributed by atoms with van der Waals surface area (Å²) >= 11 is 0. The van der Waals surface area contributed by atoms with E-state index >= 15 is 0 Å². The van der Waals surface area contributed by atoms with Crippen LogP contribution in [0.2, 0.25) is 0 Å². The molecule has 0 aromatic heterocycles. The highest BCUT2D eigenvalue weighted by molar-refractivity contribution is 6.22. The molecule has 0 spiro atoms. The molecule has 5 rings (SSSR count). The van der Waals surface area contributed by atoms with Crippen molar-refractivity contribution in [3.63, 3.8) is 0 Å². The maximum Gasteiger partial charge on any atom is 0.334 e. The Morgan fingerprint density at radius 3 is 2.18 bits per heavy atom. The Balaban J connectivity index is 1.35. The molecule has 45 heavy (non-hydrogen) atoms.